The summed E-state index contributed by atoms with van der Waals surface area (Å²) in [5, 5.41) is 9.25. The summed E-state index contributed by atoms with van der Waals surface area (Å²) in [6.45, 7) is 1.90. The van der Waals surface area contributed by atoms with Crippen LogP contribution in [0, 0.1) is 18.3 Å². The smallest absolute Gasteiger partial charge is 0.0991 e. The van der Waals surface area contributed by atoms with Crippen LogP contribution in [0.1, 0.15) is 16.7 Å². The molecule has 0 aromatic heterocycles. The molecule has 0 amide bonds. The van der Waals surface area contributed by atoms with Gasteiger partial charge in [0.1, 0.15) is 0 Å². The molecule has 2 aromatic carbocycles. The molecule has 2 N–H and O–H groups in total. The van der Waals surface area contributed by atoms with Crippen LogP contribution in [0.5, 0.6) is 0 Å². The molecule has 0 saturated heterocycles. The van der Waals surface area contributed by atoms with E-state index in [2.05, 4.69) is 6.07 Å². The van der Waals surface area contributed by atoms with Gasteiger partial charge in [0.05, 0.1) is 38.1 Å². The number of benzene rings is 2. The number of hydrogen-bond donors (Lipinski definition) is 1. The van der Waals surface area contributed by atoms with E-state index in [-0.39, 0.29) is 0 Å². The highest BCUT2D eigenvalue weighted by Gasteiger charge is 2.11. The topological polar surface area (TPSA) is 66.9 Å². The Morgan fingerprint density at radius 3 is 2.65 bits per heavy atom. The van der Waals surface area contributed by atoms with Gasteiger partial charge in [0.15, 0.2) is 0 Å². The molecule has 102 valence electrons. The second kappa shape index (κ2) is 6.08. The lowest BCUT2D eigenvalue weighted by Gasteiger charge is -2.08. The van der Waals surface area contributed by atoms with Gasteiger partial charge in [-0.15, -0.1) is 0 Å². The van der Waals surface area contributed by atoms with Crippen LogP contribution in [0.2, 0.25) is 5.02 Å². The first kappa shape index (κ1) is 14.6. The minimum Gasteiger partial charge on any atom is -0.399 e. The third kappa shape index (κ3) is 3.19. The highest BCUT2D eigenvalue weighted by Crippen LogP contribution is 2.25. The maximum Gasteiger partial charge on any atom is 0.0991 e. The molecular formula is C15H13ClN2OS. The molecule has 20 heavy (non-hydrogen) atoms. The Kier molecular flexibility index (Phi) is 4.43. The van der Waals surface area contributed by atoms with Crippen molar-refractivity contribution in [1.82, 2.24) is 0 Å². The van der Waals surface area contributed by atoms with Crippen LogP contribution in [0.25, 0.3) is 0 Å². The largest absolute Gasteiger partial charge is 0.399 e. The molecule has 0 fully saturated rings. The summed E-state index contributed by atoms with van der Waals surface area (Å²) in [6, 6.07) is 12.4. The van der Waals surface area contributed by atoms with E-state index in [0.29, 0.717) is 26.9 Å². The van der Waals surface area contributed by atoms with Crippen LogP contribution in [0.3, 0.4) is 0 Å². The van der Waals surface area contributed by atoms with Gasteiger partial charge in [0, 0.05) is 5.69 Å². The van der Waals surface area contributed by atoms with Crippen LogP contribution in [-0.4, -0.2) is 4.21 Å². The summed E-state index contributed by atoms with van der Waals surface area (Å²) in [5.41, 5.74) is 8.66. The summed E-state index contributed by atoms with van der Waals surface area (Å²) in [6.07, 6.45) is 0. The maximum absolute atomic E-state index is 12.4. The van der Waals surface area contributed by atoms with Gasteiger partial charge in [-0.2, -0.15) is 5.26 Å². The molecule has 0 aliphatic carbocycles. The Bertz CT molecular complexity index is 722. The van der Waals surface area contributed by atoms with E-state index in [1.165, 1.54) is 0 Å². The number of nitriles is 1. The Morgan fingerprint density at radius 2 is 2.05 bits per heavy atom. The molecular weight excluding hydrogens is 292 g/mol. The standard InChI is InChI=1S/C15H13ClN2OS/c1-10-6-11(8-17)2-3-12(10)9-20(19)15-5-4-13(18)7-14(15)16/h2-7H,9,18H2,1H3. The number of rotatable bonds is 3. The molecule has 2 aromatic rings. The van der Waals surface area contributed by atoms with Crippen molar-refractivity contribution in [2.24, 2.45) is 0 Å². The molecule has 0 saturated carbocycles. The summed E-state index contributed by atoms with van der Waals surface area (Å²) in [4.78, 5) is 0.574. The molecule has 0 aliphatic rings. The fraction of sp³-hybridized carbons (Fsp3) is 0.133. The first-order chi connectivity index (χ1) is 9.51. The number of halogens is 1. The number of anilines is 1. The number of nitrogens with two attached hydrogens (primary N) is 1. The molecule has 0 radical (unpaired) electrons. The normalized spacial score (nSPS) is 11.8. The molecule has 0 heterocycles. The molecule has 0 spiro atoms. The SMILES string of the molecule is Cc1cc(C#N)ccc1CS(=O)c1ccc(N)cc1Cl. The Balaban J connectivity index is 2.26. The maximum atomic E-state index is 12.4. The Labute approximate surface area is 125 Å². The summed E-state index contributed by atoms with van der Waals surface area (Å²) in [5.74, 6) is 0.362. The van der Waals surface area contributed by atoms with Gasteiger partial charge in [-0.25, -0.2) is 0 Å². The molecule has 5 heteroatoms. The zero-order chi connectivity index (χ0) is 14.7. The predicted octanol–water partition coefficient (Wildman–Crippen LogP) is 3.41. The van der Waals surface area contributed by atoms with Crippen molar-refractivity contribution in [3.05, 3.63) is 58.1 Å². The van der Waals surface area contributed by atoms with Gasteiger partial charge in [-0.3, -0.25) is 4.21 Å². The fourth-order valence-electron chi connectivity index (χ4n) is 1.85. The van der Waals surface area contributed by atoms with Gasteiger partial charge >= 0.3 is 0 Å². The minimum absolute atomic E-state index is 0.362. The van der Waals surface area contributed by atoms with Gasteiger partial charge in [-0.1, -0.05) is 17.7 Å². The average molecular weight is 305 g/mol. The number of aryl methyl sites for hydroxylation is 1. The van der Waals surface area contributed by atoms with E-state index in [1.807, 2.05) is 13.0 Å². The van der Waals surface area contributed by atoms with Crippen molar-refractivity contribution in [2.45, 2.75) is 17.6 Å². The lowest BCUT2D eigenvalue weighted by atomic mass is 10.1. The number of nitrogen functional groups attached to an aromatic ring is 1. The average Bonchev–Trinajstić information content (AvgIpc) is 2.40. The van der Waals surface area contributed by atoms with Crippen LogP contribution >= 0.6 is 11.6 Å². The quantitative estimate of drug-likeness (QED) is 0.884. The molecule has 0 bridgehead atoms. The van der Waals surface area contributed by atoms with E-state index < -0.39 is 10.8 Å². The summed E-state index contributed by atoms with van der Waals surface area (Å²) < 4.78 is 12.4. The molecule has 1 atom stereocenters. The summed E-state index contributed by atoms with van der Waals surface area (Å²) in [7, 11) is -1.24. The van der Waals surface area contributed by atoms with E-state index in [0.717, 1.165) is 11.1 Å². The van der Waals surface area contributed by atoms with Gasteiger partial charge in [0.25, 0.3) is 0 Å². The van der Waals surface area contributed by atoms with Crippen LogP contribution in [0.15, 0.2) is 41.3 Å². The van der Waals surface area contributed by atoms with Crippen molar-refractivity contribution in [2.75, 3.05) is 5.73 Å². The van der Waals surface area contributed by atoms with Gasteiger partial charge in [-0.05, 0) is 48.4 Å². The zero-order valence-corrected chi connectivity index (χ0v) is 12.5. The Morgan fingerprint density at radius 1 is 1.30 bits per heavy atom. The van der Waals surface area contributed by atoms with Crippen molar-refractivity contribution in [3.63, 3.8) is 0 Å². The van der Waals surface area contributed by atoms with Crippen LogP contribution in [-0.2, 0) is 16.6 Å². The zero-order valence-electron chi connectivity index (χ0n) is 10.9. The van der Waals surface area contributed by atoms with Crippen molar-refractivity contribution >= 4 is 28.1 Å². The van der Waals surface area contributed by atoms with Crippen molar-refractivity contribution < 1.29 is 4.21 Å². The predicted molar refractivity (Wildman–Crippen MR) is 81.9 cm³/mol. The van der Waals surface area contributed by atoms with Crippen LogP contribution < -0.4 is 5.73 Å². The minimum atomic E-state index is -1.24. The third-order valence-electron chi connectivity index (χ3n) is 2.96. The number of nitrogens with zero attached hydrogens (tertiary/aromatic N) is 1. The van der Waals surface area contributed by atoms with E-state index >= 15 is 0 Å². The van der Waals surface area contributed by atoms with Gasteiger partial charge in [0.2, 0.25) is 0 Å². The van der Waals surface area contributed by atoms with E-state index in [9.17, 15) is 4.21 Å². The first-order valence-corrected chi connectivity index (χ1v) is 7.64. The third-order valence-corrected chi connectivity index (χ3v) is 4.80. The second-order valence-corrected chi connectivity index (χ2v) is 6.26. The van der Waals surface area contributed by atoms with E-state index in [1.54, 1.807) is 30.3 Å². The lowest BCUT2D eigenvalue weighted by molar-refractivity contribution is 0.682. The second-order valence-electron chi connectivity index (χ2n) is 4.43. The van der Waals surface area contributed by atoms with Crippen molar-refractivity contribution in [1.29, 1.82) is 5.26 Å². The fourth-order valence-corrected chi connectivity index (χ4v) is 3.55. The van der Waals surface area contributed by atoms with Crippen molar-refractivity contribution in [3.8, 4) is 6.07 Å². The molecule has 1 unspecified atom stereocenters. The summed E-state index contributed by atoms with van der Waals surface area (Å²) >= 11 is 6.06. The molecule has 3 nitrogen and oxygen atoms in total. The first-order valence-electron chi connectivity index (χ1n) is 5.94. The van der Waals surface area contributed by atoms with Gasteiger partial charge < -0.3 is 5.73 Å². The molecule has 0 aliphatic heterocycles. The van der Waals surface area contributed by atoms with Crippen LogP contribution in [0.4, 0.5) is 5.69 Å². The highest BCUT2D eigenvalue weighted by atomic mass is 35.5. The lowest BCUT2D eigenvalue weighted by Crippen LogP contribution is -2.00. The monoisotopic (exact) mass is 304 g/mol. The highest BCUT2D eigenvalue weighted by molar-refractivity contribution is 7.84. The number of hydrogen-bond acceptors (Lipinski definition) is 3. The van der Waals surface area contributed by atoms with E-state index in [4.69, 9.17) is 22.6 Å². The molecule has 2 rings (SSSR count). The Hall–Kier alpha value is -1.83.